The fourth-order valence-electron chi connectivity index (χ4n) is 1.81. The molecule has 0 aliphatic rings. The van der Waals surface area contributed by atoms with Gasteiger partial charge in [-0.15, -0.1) is 0 Å². The van der Waals surface area contributed by atoms with E-state index in [4.69, 9.17) is 0 Å². The average Bonchev–Trinajstić information content (AvgIpc) is 2.46. The van der Waals surface area contributed by atoms with E-state index in [0.29, 0.717) is 0 Å². The molecule has 0 aliphatic carbocycles. The van der Waals surface area contributed by atoms with Crippen LogP contribution < -0.4 is 5.43 Å². The van der Waals surface area contributed by atoms with Crippen molar-refractivity contribution in [3.63, 3.8) is 0 Å². The Morgan fingerprint density at radius 3 is 2.17 bits per heavy atom. The highest BCUT2D eigenvalue weighted by Crippen LogP contribution is 2.32. The van der Waals surface area contributed by atoms with E-state index >= 15 is 0 Å². The van der Waals surface area contributed by atoms with Gasteiger partial charge in [-0.3, -0.25) is 5.43 Å². The second-order valence-electron chi connectivity index (χ2n) is 4.53. The standard InChI is InChI=1S/C15H10F6N2/c16-14(17,18)11-5-3-6-12(8-11)23-22-9-10-4-1-2-7-13(10)15(19,20)21/h1-9,23H/b22-9+. The summed E-state index contributed by atoms with van der Waals surface area (Å²) in [7, 11) is 0. The highest BCUT2D eigenvalue weighted by atomic mass is 19.4. The molecule has 0 heterocycles. The molecule has 2 aromatic rings. The molecule has 0 atom stereocenters. The molecule has 0 fully saturated rings. The summed E-state index contributed by atoms with van der Waals surface area (Å²) in [6, 6.07) is 8.93. The van der Waals surface area contributed by atoms with Gasteiger partial charge in [0.15, 0.2) is 0 Å². The van der Waals surface area contributed by atoms with Crippen LogP contribution in [-0.4, -0.2) is 6.21 Å². The van der Waals surface area contributed by atoms with Crippen molar-refractivity contribution in [2.24, 2.45) is 5.10 Å². The Kier molecular flexibility index (Phi) is 4.63. The summed E-state index contributed by atoms with van der Waals surface area (Å²) in [5, 5.41) is 3.57. The Morgan fingerprint density at radius 2 is 1.52 bits per heavy atom. The highest BCUT2D eigenvalue weighted by molar-refractivity contribution is 5.82. The van der Waals surface area contributed by atoms with E-state index in [1.165, 1.54) is 30.3 Å². The Labute approximate surface area is 127 Å². The molecule has 0 aliphatic heterocycles. The third-order valence-electron chi connectivity index (χ3n) is 2.85. The van der Waals surface area contributed by atoms with Crippen molar-refractivity contribution in [1.29, 1.82) is 0 Å². The van der Waals surface area contributed by atoms with Gasteiger partial charge >= 0.3 is 12.4 Å². The monoisotopic (exact) mass is 332 g/mol. The first-order chi connectivity index (χ1) is 10.7. The maximum atomic E-state index is 12.8. The molecule has 0 saturated carbocycles. The topological polar surface area (TPSA) is 24.4 Å². The van der Waals surface area contributed by atoms with Crippen LogP contribution in [0.5, 0.6) is 0 Å². The van der Waals surface area contributed by atoms with Crippen LogP contribution in [0.25, 0.3) is 0 Å². The van der Waals surface area contributed by atoms with Crippen molar-refractivity contribution >= 4 is 11.9 Å². The van der Waals surface area contributed by atoms with Gasteiger partial charge in [0, 0.05) is 5.56 Å². The predicted molar refractivity (Wildman–Crippen MR) is 74.1 cm³/mol. The molecule has 0 saturated heterocycles. The lowest BCUT2D eigenvalue weighted by molar-refractivity contribution is -0.138. The number of rotatable bonds is 3. The summed E-state index contributed by atoms with van der Waals surface area (Å²) in [6.07, 6.45) is -8.15. The van der Waals surface area contributed by atoms with Gasteiger partial charge in [-0.1, -0.05) is 24.3 Å². The molecule has 8 heteroatoms. The number of hydrogen-bond donors (Lipinski definition) is 1. The molecule has 1 N–H and O–H groups in total. The summed E-state index contributed by atoms with van der Waals surface area (Å²) in [6.45, 7) is 0. The first-order valence-corrected chi connectivity index (χ1v) is 6.30. The average molecular weight is 332 g/mol. The zero-order valence-corrected chi connectivity index (χ0v) is 11.4. The lowest BCUT2D eigenvalue weighted by atomic mass is 10.1. The quantitative estimate of drug-likeness (QED) is 0.468. The van der Waals surface area contributed by atoms with E-state index in [-0.39, 0.29) is 11.3 Å². The molecular weight excluding hydrogens is 322 g/mol. The second-order valence-corrected chi connectivity index (χ2v) is 4.53. The van der Waals surface area contributed by atoms with Crippen LogP contribution in [0.4, 0.5) is 32.0 Å². The molecule has 0 bridgehead atoms. The number of nitrogens with zero attached hydrogens (tertiary/aromatic N) is 1. The molecule has 122 valence electrons. The van der Waals surface area contributed by atoms with Crippen molar-refractivity contribution < 1.29 is 26.3 Å². The minimum absolute atomic E-state index is 0.0144. The molecule has 2 nitrogen and oxygen atoms in total. The smallest absolute Gasteiger partial charge is 0.278 e. The molecule has 2 aromatic carbocycles. The third-order valence-corrected chi connectivity index (χ3v) is 2.85. The fraction of sp³-hybridized carbons (Fsp3) is 0.133. The summed E-state index contributed by atoms with van der Waals surface area (Å²) in [5.41, 5.74) is 0.345. The van der Waals surface area contributed by atoms with E-state index in [1.807, 2.05) is 0 Å². The fourth-order valence-corrected chi connectivity index (χ4v) is 1.81. The number of alkyl halides is 6. The van der Waals surface area contributed by atoms with Gasteiger partial charge in [0.2, 0.25) is 0 Å². The van der Waals surface area contributed by atoms with Gasteiger partial charge in [0.25, 0.3) is 0 Å². The Balaban J connectivity index is 2.18. The number of nitrogens with one attached hydrogen (secondary N) is 1. The van der Waals surface area contributed by atoms with Crippen LogP contribution in [0.15, 0.2) is 53.6 Å². The molecular formula is C15H10F6N2. The van der Waals surface area contributed by atoms with Crippen LogP contribution in [0.2, 0.25) is 0 Å². The van der Waals surface area contributed by atoms with Crippen molar-refractivity contribution in [3.05, 3.63) is 65.2 Å². The Hall–Kier alpha value is -2.51. The maximum Gasteiger partial charge on any atom is 0.417 e. The van der Waals surface area contributed by atoms with Crippen LogP contribution in [-0.2, 0) is 12.4 Å². The van der Waals surface area contributed by atoms with Crippen LogP contribution in [0.1, 0.15) is 16.7 Å². The summed E-state index contributed by atoms with van der Waals surface area (Å²) in [5.74, 6) is 0. The summed E-state index contributed by atoms with van der Waals surface area (Å²) in [4.78, 5) is 0. The molecule has 0 aromatic heterocycles. The predicted octanol–water partition coefficient (Wildman–Crippen LogP) is 5.17. The molecule has 0 radical (unpaired) electrons. The largest absolute Gasteiger partial charge is 0.417 e. The molecule has 0 amide bonds. The first-order valence-electron chi connectivity index (χ1n) is 6.30. The number of benzene rings is 2. The zero-order chi connectivity index (χ0) is 17.1. The van der Waals surface area contributed by atoms with Gasteiger partial charge in [-0.2, -0.15) is 31.4 Å². The number of hydrazone groups is 1. The van der Waals surface area contributed by atoms with Crippen molar-refractivity contribution in [3.8, 4) is 0 Å². The zero-order valence-electron chi connectivity index (χ0n) is 11.4. The highest BCUT2D eigenvalue weighted by Gasteiger charge is 2.32. The SMILES string of the molecule is FC(F)(F)c1cccc(N/N=C/c2ccccc2C(F)(F)F)c1. The van der Waals surface area contributed by atoms with E-state index in [2.05, 4.69) is 10.5 Å². The first kappa shape index (κ1) is 16.9. The lowest BCUT2D eigenvalue weighted by Gasteiger charge is -2.10. The van der Waals surface area contributed by atoms with Crippen molar-refractivity contribution in [2.75, 3.05) is 5.43 Å². The van der Waals surface area contributed by atoms with Crippen LogP contribution in [0.3, 0.4) is 0 Å². The number of halogens is 6. The molecule has 23 heavy (non-hydrogen) atoms. The lowest BCUT2D eigenvalue weighted by Crippen LogP contribution is -2.09. The Bertz CT molecular complexity index is 704. The van der Waals surface area contributed by atoms with Crippen LogP contribution in [0, 0.1) is 0 Å². The van der Waals surface area contributed by atoms with Gasteiger partial charge in [-0.05, 0) is 24.3 Å². The van der Waals surface area contributed by atoms with Gasteiger partial charge < -0.3 is 0 Å². The second kappa shape index (κ2) is 6.31. The molecule has 0 unspecified atom stereocenters. The minimum atomic E-state index is -4.54. The van der Waals surface area contributed by atoms with Gasteiger partial charge in [0.05, 0.1) is 23.0 Å². The van der Waals surface area contributed by atoms with E-state index in [0.717, 1.165) is 24.4 Å². The van der Waals surface area contributed by atoms with E-state index in [9.17, 15) is 26.3 Å². The Morgan fingerprint density at radius 1 is 0.826 bits per heavy atom. The van der Waals surface area contributed by atoms with Crippen molar-refractivity contribution in [2.45, 2.75) is 12.4 Å². The molecule has 2 rings (SSSR count). The normalized spacial score (nSPS) is 12.6. The number of hydrogen-bond acceptors (Lipinski definition) is 2. The summed E-state index contributed by atoms with van der Waals surface area (Å²) >= 11 is 0. The molecule has 0 spiro atoms. The van der Waals surface area contributed by atoms with Crippen LogP contribution >= 0.6 is 0 Å². The summed E-state index contributed by atoms with van der Waals surface area (Å²) < 4.78 is 76.0. The number of anilines is 1. The minimum Gasteiger partial charge on any atom is -0.278 e. The van der Waals surface area contributed by atoms with Gasteiger partial charge in [-0.25, -0.2) is 0 Å². The van der Waals surface area contributed by atoms with Gasteiger partial charge in [0.1, 0.15) is 0 Å². The third kappa shape index (κ3) is 4.48. The van der Waals surface area contributed by atoms with E-state index in [1.54, 1.807) is 0 Å². The van der Waals surface area contributed by atoms with Crippen molar-refractivity contribution in [1.82, 2.24) is 0 Å². The maximum absolute atomic E-state index is 12.8. The van der Waals surface area contributed by atoms with E-state index < -0.39 is 23.5 Å².